The van der Waals surface area contributed by atoms with E-state index in [0.717, 1.165) is 0 Å². The first-order valence-corrected chi connectivity index (χ1v) is 13.3. The summed E-state index contributed by atoms with van der Waals surface area (Å²) in [5, 5.41) is 6.69. The zero-order valence-electron chi connectivity index (χ0n) is 22.3. The molecule has 2 fully saturated rings. The molecular weight excluding hydrogens is 532 g/mol. The summed E-state index contributed by atoms with van der Waals surface area (Å²) >= 11 is 6.40. The minimum absolute atomic E-state index is 0.119. The topological polar surface area (TPSA) is 106 Å². The Kier molecular flexibility index (Phi) is 7.15. The van der Waals surface area contributed by atoms with Crippen LogP contribution in [0.2, 0.25) is 5.02 Å². The number of hydrogen-bond donors (Lipinski definition) is 2. The molecule has 2 atom stereocenters. The molecule has 0 aliphatic carbocycles. The largest absolute Gasteiger partial charge is 0.377 e. The summed E-state index contributed by atoms with van der Waals surface area (Å²) in [4.78, 5) is 36.2. The number of aryl methyl sites for hydroxylation is 2. The van der Waals surface area contributed by atoms with Crippen LogP contribution in [0.1, 0.15) is 20.3 Å². The van der Waals surface area contributed by atoms with Gasteiger partial charge in [0.1, 0.15) is 5.02 Å². The lowest BCUT2D eigenvalue weighted by Gasteiger charge is -2.41. The van der Waals surface area contributed by atoms with Gasteiger partial charge in [-0.1, -0.05) is 25.4 Å². The van der Waals surface area contributed by atoms with Gasteiger partial charge < -0.3 is 29.4 Å². The van der Waals surface area contributed by atoms with E-state index >= 15 is 0 Å². The van der Waals surface area contributed by atoms with Crippen LogP contribution in [-0.4, -0.2) is 63.9 Å². The van der Waals surface area contributed by atoms with E-state index < -0.39 is 28.9 Å². The van der Waals surface area contributed by atoms with Gasteiger partial charge in [0.15, 0.2) is 5.82 Å². The average Bonchev–Trinajstić information content (AvgIpc) is 2.88. The lowest BCUT2D eigenvalue weighted by molar-refractivity contribution is -0.105. The van der Waals surface area contributed by atoms with Gasteiger partial charge in [0.25, 0.3) is 5.92 Å². The Morgan fingerprint density at radius 3 is 2.44 bits per heavy atom. The predicted octanol–water partition coefficient (Wildman–Crippen LogP) is 2.99. The van der Waals surface area contributed by atoms with Crippen LogP contribution in [0, 0.1) is 11.8 Å². The van der Waals surface area contributed by atoms with Gasteiger partial charge in [-0.3, -0.25) is 9.59 Å². The standard InChI is InChI=1S/C26H32ClF2N7O3/c1-15-11-35(12-16(2)26(15,28)29)24-31-10-18(27)21(33-24)32-17-5-6-19-20(9-17)36(23(38)22(37)34(19)4)8-7-25(30-3)13-39-14-25/h5-6,9-10,15-16,30H,7-8,11-14H2,1-4H3,(H,31,32,33)/t15-,16+. The molecule has 5 rings (SSSR count). The number of alkyl halides is 2. The Hall–Kier alpha value is -3.09. The van der Waals surface area contributed by atoms with E-state index in [1.165, 1.54) is 29.2 Å². The molecule has 0 radical (unpaired) electrons. The molecule has 1 aromatic carbocycles. The Balaban J connectivity index is 1.47. The number of nitrogens with zero attached hydrogens (tertiary/aromatic N) is 5. The maximum absolute atomic E-state index is 14.4. The minimum atomic E-state index is -2.76. The average molecular weight is 564 g/mol. The number of aromatic nitrogens is 4. The molecule has 0 saturated carbocycles. The van der Waals surface area contributed by atoms with Crippen molar-refractivity contribution >= 4 is 40.1 Å². The number of fused-ring (bicyclic) bond motifs is 1. The summed E-state index contributed by atoms with van der Waals surface area (Å²) < 4.78 is 36.9. The van der Waals surface area contributed by atoms with Crippen LogP contribution >= 0.6 is 11.6 Å². The normalized spacial score (nSPS) is 22.1. The predicted molar refractivity (Wildman–Crippen MR) is 146 cm³/mol. The quantitative estimate of drug-likeness (QED) is 0.423. The van der Waals surface area contributed by atoms with Gasteiger partial charge in [-0.15, -0.1) is 0 Å². The monoisotopic (exact) mass is 563 g/mol. The molecule has 210 valence electrons. The molecule has 0 bridgehead atoms. The minimum Gasteiger partial charge on any atom is -0.377 e. The van der Waals surface area contributed by atoms with Gasteiger partial charge in [-0.25, -0.2) is 13.8 Å². The lowest BCUT2D eigenvalue weighted by atomic mass is 9.87. The molecule has 0 unspecified atom stereocenters. The summed E-state index contributed by atoms with van der Waals surface area (Å²) in [6.45, 7) is 4.68. The fourth-order valence-corrected chi connectivity index (χ4v) is 5.39. The van der Waals surface area contributed by atoms with Crippen molar-refractivity contribution in [2.45, 2.75) is 38.3 Å². The van der Waals surface area contributed by atoms with Gasteiger partial charge in [0.05, 0.1) is 36.0 Å². The van der Waals surface area contributed by atoms with Crippen LogP contribution in [0.4, 0.5) is 26.2 Å². The molecule has 2 N–H and O–H groups in total. The summed E-state index contributed by atoms with van der Waals surface area (Å²) in [7, 11) is 3.42. The van der Waals surface area contributed by atoms with Crippen molar-refractivity contribution in [1.82, 2.24) is 24.4 Å². The number of likely N-dealkylation sites (N-methyl/N-ethyl adjacent to an activating group) is 1. The SMILES string of the molecule is CNC1(CCn2c(=O)c(=O)n(C)c3ccc(Nc4nc(N5C[C@@H](C)C(F)(F)[C@@H](C)C5)ncc4Cl)cc32)COC1. The van der Waals surface area contributed by atoms with Crippen LogP contribution < -0.4 is 26.7 Å². The number of anilines is 3. The van der Waals surface area contributed by atoms with E-state index in [-0.39, 0.29) is 23.7 Å². The van der Waals surface area contributed by atoms with Gasteiger partial charge in [-0.05, 0) is 31.7 Å². The molecule has 10 nitrogen and oxygen atoms in total. The van der Waals surface area contributed by atoms with E-state index in [1.807, 2.05) is 7.05 Å². The molecule has 0 spiro atoms. The number of hydrogen-bond acceptors (Lipinski definition) is 8. The summed E-state index contributed by atoms with van der Waals surface area (Å²) in [6.07, 6.45) is 2.04. The van der Waals surface area contributed by atoms with Crippen LogP contribution in [0.3, 0.4) is 0 Å². The molecule has 2 aromatic heterocycles. The van der Waals surface area contributed by atoms with E-state index in [4.69, 9.17) is 16.3 Å². The zero-order valence-corrected chi connectivity index (χ0v) is 23.1. The van der Waals surface area contributed by atoms with Gasteiger partial charge in [0.2, 0.25) is 5.95 Å². The Morgan fingerprint density at radius 2 is 1.82 bits per heavy atom. The highest BCUT2D eigenvalue weighted by Crippen LogP contribution is 2.39. The lowest BCUT2D eigenvalue weighted by Crippen LogP contribution is -2.59. The highest BCUT2D eigenvalue weighted by Gasteiger charge is 2.47. The third-order valence-electron chi connectivity index (χ3n) is 8.04. The highest BCUT2D eigenvalue weighted by molar-refractivity contribution is 6.32. The number of halogens is 3. The van der Waals surface area contributed by atoms with Crippen molar-refractivity contribution in [1.29, 1.82) is 0 Å². The fourth-order valence-electron chi connectivity index (χ4n) is 5.25. The molecule has 2 aliphatic heterocycles. The van der Waals surface area contributed by atoms with Crippen LogP contribution in [0.25, 0.3) is 11.0 Å². The molecule has 4 heterocycles. The third kappa shape index (κ3) is 4.89. The van der Waals surface area contributed by atoms with Crippen molar-refractivity contribution in [3.05, 3.63) is 50.1 Å². The van der Waals surface area contributed by atoms with Crippen molar-refractivity contribution in [3.8, 4) is 0 Å². The van der Waals surface area contributed by atoms with Crippen molar-refractivity contribution in [2.75, 3.05) is 43.6 Å². The van der Waals surface area contributed by atoms with E-state index in [9.17, 15) is 18.4 Å². The van der Waals surface area contributed by atoms with Crippen LogP contribution in [0.15, 0.2) is 34.0 Å². The Labute approximate surface area is 228 Å². The molecule has 3 aromatic rings. The number of piperidine rings is 1. The molecule has 2 saturated heterocycles. The van der Waals surface area contributed by atoms with E-state index in [1.54, 1.807) is 30.1 Å². The first-order chi connectivity index (χ1) is 18.5. The fraction of sp³-hybridized carbons (Fsp3) is 0.538. The Morgan fingerprint density at radius 1 is 1.13 bits per heavy atom. The van der Waals surface area contributed by atoms with Crippen molar-refractivity contribution in [2.24, 2.45) is 18.9 Å². The first kappa shape index (κ1) is 27.5. The summed E-state index contributed by atoms with van der Waals surface area (Å²) in [5.74, 6) is -3.86. The van der Waals surface area contributed by atoms with Crippen molar-refractivity contribution < 1.29 is 13.5 Å². The summed E-state index contributed by atoms with van der Waals surface area (Å²) in [5.41, 5.74) is 0.307. The zero-order chi connectivity index (χ0) is 28.1. The van der Waals surface area contributed by atoms with Gasteiger partial charge >= 0.3 is 11.1 Å². The molecule has 2 aliphatic rings. The van der Waals surface area contributed by atoms with Crippen LogP contribution in [0.5, 0.6) is 0 Å². The number of benzene rings is 1. The maximum Gasteiger partial charge on any atom is 0.316 e. The van der Waals surface area contributed by atoms with Crippen molar-refractivity contribution in [3.63, 3.8) is 0 Å². The van der Waals surface area contributed by atoms with Crippen LogP contribution in [-0.2, 0) is 18.3 Å². The van der Waals surface area contributed by atoms with E-state index in [2.05, 4.69) is 20.6 Å². The second-order valence-electron chi connectivity index (χ2n) is 10.7. The number of ether oxygens (including phenoxy) is 1. The molecule has 0 amide bonds. The second-order valence-corrected chi connectivity index (χ2v) is 11.1. The van der Waals surface area contributed by atoms with Gasteiger partial charge in [-0.2, -0.15) is 4.98 Å². The first-order valence-electron chi connectivity index (χ1n) is 12.9. The summed E-state index contributed by atoms with van der Waals surface area (Å²) in [6, 6.07) is 5.28. The smallest absolute Gasteiger partial charge is 0.316 e. The van der Waals surface area contributed by atoms with Gasteiger partial charge in [0, 0.05) is 44.2 Å². The molecule has 13 heteroatoms. The highest BCUT2D eigenvalue weighted by atomic mass is 35.5. The maximum atomic E-state index is 14.4. The third-order valence-corrected chi connectivity index (χ3v) is 8.32. The molecule has 39 heavy (non-hydrogen) atoms. The molecular formula is C26H32ClF2N7O3. The van der Waals surface area contributed by atoms with E-state index in [0.29, 0.717) is 54.7 Å². The number of nitrogens with one attached hydrogen (secondary N) is 2. The number of rotatable bonds is 7. The second kappa shape index (κ2) is 10.1. The Bertz CT molecular complexity index is 1500.